The van der Waals surface area contributed by atoms with Gasteiger partial charge < -0.3 is 14.5 Å². The smallest absolute Gasteiger partial charge is 0.142 e. The van der Waals surface area contributed by atoms with Crippen LogP contribution in [0, 0.1) is 0 Å². The van der Waals surface area contributed by atoms with E-state index in [2.05, 4.69) is 39.9 Å². The highest BCUT2D eigenvalue weighted by Crippen LogP contribution is 2.29. The molecule has 0 N–H and O–H groups in total. The van der Waals surface area contributed by atoms with Crippen LogP contribution in [0.5, 0.6) is 5.75 Å². The number of piperazine rings is 1. The van der Waals surface area contributed by atoms with Crippen LogP contribution >= 0.6 is 0 Å². The van der Waals surface area contributed by atoms with Gasteiger partial charge in [-0.05, 0) is 45.1 Å². The summed E-state index contributed by atoms with van der Waals surface area (Å²) in [4.78, 5) is 7.60. The Bertz CT molecular complexity index is 449. The SMILES string of the molecule is COc1ccccc1N1CCN(C2CCN(C)CC2)CC1. The predicted molar refractivity (Wildman–Crippen MR) is 87.3 cm³/mol. The Morgan fingerprint density at radius 2 is 1.62 bits per heavy atom. The summed E-state index contributed by atoms with van der Waals surface area (Å²) in [6, 6.07) is 9.15. The van der Waals surface area contributed by atoms with Gasteiger partial charge in [-0.3, -0.25) is 4.90 Å². The largest absolute Gasteiger partial charge is 0.495 e. The summed E-state index contributed by atoms with van der Waals surface area (Å²) in [6.45, 7) is 7.05. The van der Waals surface area contributed by atoms with Crippen LogP contribution in [0.25, 0.3) is 0 Å². The number of nitrogens with zero attached hydrogens (tertiary/aromatic N) is 3. The van der Waals surface area contributed by atoms with Crippen molar-refractivity contribution in [3.63, 3.8) is 0 Å². The molecule has 4 heteroatoms. The zero-order valence-electron chi connectivity index (χ0n) is 13.3. The second-order valence-corrected chi connectivity index (χ2v) is 6.23. The maximum Gasteiger partial charge on any atom is 0.142 e. The number of hydrogen-bond donors (Lipinski definition) is 0. The molecule has 0 radical (unpaired) electrons. The number of para-hydroxylation sites is 2. The monoisotopic (exact) mass is 289 g/mol. The van der Waals surface area contributed by atoms with Crippen LogP contribution in [0.1, 0.15) is 12.8 Å². The van der Waals surface area contributed by atoms with E-state index in [1.807, 2.05) is 6.07 Å². The molecular formula is C17H27N3O. The number of piperidine rings is 1. The van der Waals surface area contributed by atoms with E-state index >= 15 is 0 Å². The molecule has 0 amide bonds. The molecule has 0 aliphatic carbocycles. The van der Waals surface area contributed by atoms with Crippen LogP contribution in [-0.4, -0.2) is 69.3 Å². The van der Waals surface area contributed by atoms with Crippen molar-refractivity contribution in [2.75, 3.05) is 58.3 Å². The maximum atomic E-state index is 5.49. The Morgan fingerprint density at radius 1 is 0.952 bits per heavy atom. The van der Waals surface area contributed by atoms with Gasteiger partial charge in [0.15, 0.2) is 0 Å². The Balaban J connectivity index is 1.57. The summed E-state index contributed by atoms with van der Waals surface area (Å²) in [5.41, 5.74) is 1.24. The van der Waals surface area contributed by atoms with Gasteiger partial charge in [-0.15, -0.1) is 0 Å². The van der Waals surface area contributed by atoms with Crippen LogP contribution in [-0.2, 0) is 0 Å². The minimum atomic E-state index is 0.793. The minimum absolute atomic E-state index is 0.793. The first kappa shape index (κ1) is 14.7. The van der Waals surface area contributed by atoms with Crippen LogP contribution < -0.4 is 9.64 Å². The molecule has 3 rings (SSSR count). The van der Waals surface area contributed by atoms with Crippen molar-refractivity contribution < 1.29 is 4.74 Å². The number of likely N-dealkylation sites (tertiary alicyclic amines) is 1. The average molecular weight is 289 g/mol. The number of anilines is 1. The lowest BCUT2D eigenvalue weighted by Gasteiger charge is -2.43. The van der Waals surface area contributed by atoms with Gasteiger partial charge in [0.05, 0.1) is 12.8 Å². The van der Waals surface area contributed by atoms with Gasteiger partial charge in [0.25, 0.3) is 0 Å². The van der Waals surface area contributed by atoms with E-state index in [1.165, 1.54) is 44.7 Å². The molecule has 2 aliphatic rings. The first-order valence-corrected chi connectivity index (χ1v) is 8.08. The molecule has 116 valence electrons. The topological polar surface area (TPSA) is 19.0 Å². The number of benzene rings is 1. The minimum Gasteiger partial charge on any atom is -0.495 e. The van der Waals surface area contributed by atoms with Gasteiger partial charge in [-0.1, -0.05) is 12.1 Å². The predicted octanol–water partition coefficient (Wildman–Crippen LogP) is 1.91. The third-order valence-corrected chi connectivity index (χ3v) is 4.94. The molecule has 2 aliphatic heterocycles. The van der Waals surface area contributed by atoms with Crippen molar-refractivity contribution in [2.24, 2.45) is 0 Å². The number of hydrogen-bond acceptors (Lipinski definition) is 4. The molecule has 0 unspecified atom stereocenters. The molecule has 0 spiro atoms. The molecule has 0 atom stereocenters. The number of rotatable bonds is 3. The second kappa shape index (κ2) is 6.67. The van der Waals surface area contributed by atoms with E-state index < -0.39 is 0 Å². The van der Waals surface area contributed by atoms with Gasteiger partial charge >= 0.3 is 0 Å². The Morgan fingerprint density at radius 3 is 2.29 bits per heavy atom. The molecular weight excluding hydrogens is 262 g/mol. The molecule has 0 saturated carbocycles. The van der Waals surface area contributed by atoms with Gasteiger partial charge in [0, 0.05) is 32.2 Å². The molecule has 0 aromatic heterocycles. The van der Waals surface area contributed by atoms with E-state index in [4.69, 9.17) is 4.74 Å². The Hall–Kier alpha value is -1.26. The van der Waals surface area contributed by atoms with Crippen molar-refractivity contribution in [3.05, 3.63) is 24.3 Å². The number of methoxy groups -OCH3 is 1. The fraction of sp³-hybridized carbons (Fsp3) is 0.647. The van der Waals surface area contributed by atoms with Crippen molar-refractivity contribution in [1.29, 1.82) is 0 Å². The zero-order valence-corrected chi connectivity index (χ0v) is 13.3. The molecule has 2 heterocycles. The summed E-state index contributed by atoms with van der Waals surface area (Å²) < 4.78 is 5.49. The van der Waals surface area contributed by atoms with Crippen molar-refractivity contribution >= 4 is 5.69 Å². The molecule has 4 nitrogen and oxygen atoms in total. The van der Waals surface area contributed by atoms with Crippen molar-refractivity contribution in [3.8, 4) is 5.75 Å². The lowest BCUT2D eigenvalue weighted by Crippen LogP contribution is -2.53. The van der Waals surface area contributed by atoms with Gasteiger partial charge in [-0.2, -0.15) is 0 Å². The maximum absolute atomic E-state index is 5.49. The van der Waals surface area contributed by atoms with E-state index in [0.29, 0.717) is 0 Å². The molecule has 2 saturated heterocycles. The second-order valence-electron chi connectivity index (χ2n) is 6.23. The van der Waals surface area contributed by atoms with E-state index in [1.54, 1.807) is 7.11 Å². The standard InChI is InChI=1S/C17H27N3O/c1-18-9-7-15(8-10-18)19-11-13-20(14-12-19)16-5-3-4-6-17(16)21-2/h3-6,15H,7-14H2,1-2H3. The number of ether oxygens (including phenoxy) is 1. The van der Waals surface area contributed by atoms with E-state index in [9.17, 15) is 0 Å². The third kappa shape index (κ3) is 3.33. The lowest BCUT2D eigenvalue weighted by molar-refractivity contribution is 0.115. The Labute approximate surface area is 128 Å². The summed E-state index contributed by atoms with van der Waals surface area (Å²) >= 11 is 0. The summed E-state index contributed by atoms with van der Waals surface area (Å²) in [7, 11) is 3.99. The van der Waals surface area contributed by atoms with Gasteiger partial charge in [0.1, 0.15) is 5.75 Å². The first-order chi connectivity index (χ1) is 10.3. The van der Waals surface area contributed by atoms with Gasteiger partial charge in [0.2, 0.25) is 0 Å². The molecule has 1 aromatic carbocycles. The van der Waals surface area contributed by atoms with Crippen LogP contribution in [0.4, 0.5) is 5.69 Å². The molecule has 2 fully saturated rings. The average Bonchev–Trinajstić information content (AvgIpc) is 2.56. The quantitative estimate of drug-likeness (QED) is 0.846. The van der Waals surface area contributed by atoms with E-state index in [-0.39, 0.29) is 0 Å². The first-order valence-electron chi connectivity index (χ1n) is 8.08. The molecule has 21 heavy (non-hydrogen) atoms. The van der Waals surface area contributed by atoms with Crippen LogP contribution in [0.3, 0.4) is 0 Å². The summed E-state index contributed by atoms with van der Waals surface area (Å²) in [5.74, 6) is 0.991. The fourth-order valence-electron chi connectivity index (χ4n) is 3.58. The van der Waals surface area contributed by atoms with Gasteiger partial charge in [-0.25, -0.2) is 0 Å². The summed E-state index contributed by atoms with van der Waals surface area (Å²) in [5, 5.41) is 0. The Kier molecular flexibility index (Phi) is 4.66. The summed E-state index contributed by atoms with van der Waals surface area (Å²) in [6.07, 6.45) is 2.65. The third-order valence-electron chi connectivity index (χ3n) is 4.94. The lowest BCUT2D eigenvalue weighted by atomic mass is 10.0. The highest BCUT2D eigenvalue weighted by atomic mass is 16.5. The molecule has 1 aromatic rings. The highest BCUT2D eigenvalue weighted by Gasteiger charge is 2.27. The molecule has 0 bridgehead atoms. The van der Waals surface area contributed by atoms with E-state index in [0.717, 1.165) is 24.9 Å². The van der Waals surface area contributed by atoms with Crippen molar-refractivity contribution in [2.45, 2.75) is 18.9 Å². The fourth-order valence-corrected chi connectivity index (χ4v) is 3.58. The normalized spacial score (nSPS) is 22.5. The zero-order chi connectivity index (χ0) is 14.7. The highest BCUT2D eigenvalue weighted by molar-refractivity contribution is 5.58. The van der Waals surface area contributed by atoms with Crippen LogP contribution in [0.2, 0.25) is 0 Å². The van der Waals surface area contributed by atoms with Crippen molar-refractivity contribution in [1.82, 2.24) is 9.80 Å². The van der Waals surface area contributed by atoms with Crippen LogP contribution in [0.15, 0.2) is 24.3 Å².